The number of likely N-dealkylation sites (tertiary alicyclic amines) is 1. The van der Waals surface area contributed by atoms with Crippen LogP contribution in [-0.4, -0.2) is 34.0 Å². The van der Waals surface area contributed by atoms with Crippen LogP contribution in [0.5, 0.6) is 0 Å². The highest BCUT2D eigenvalue weighted by Crippen LogP contribution is 2.22. The first kappa shape index (κ1) is 13.6. The molecule has 0 bridgehead atoms. The van der Waals surface area contributed by atoms with E-state index in [2.05, 4.69) is 22.0 Å². The molecule has 3 rings (SSSR count). The third kappa shape index (κ3) is 3.03. The van der Waals surface area contributed by atoms with Crippen molar-refractivity contribution >= 4 is 11.7 Å². The Morgan fingerprint density at radius 2 is 1.95 bits per heavy atom. The van der Waals surface area contributed by atoms with Crippen LogP contribution in [0.15, 0.2) is 42.6 Å². The van der Waals surface area contributed by atoms with Crippen molar-refractivity contribution in [2.75, 3.05) is 18.8 Å². The number of carboxylic acids is 1. The number of pyridine rings is 1. The Kier molecular flexibility index (Phi) is 3.58. The molecule has 1 aromatic heterocycles. The smallest absolute Gasteiger partial charge is 0.309 e. The Morgan fingerprint density at radius 1 is 1.24 bits per heavy atom. The molecule has 21 heavy (non-hydrogen) atoms. The number of nitrogen functional groups attached to an aromatic ring is 1. The van der Waals surface area contributed by atoms with Crippen LogP contribution in [-0.2, 0) is 11.3 Å². The molecule has 1 aliphatic rings. The molecule has 1 aromatic carbocycles. The summed E-state index contributed by atoms with van der Waals surface area (Å²) in [5.74, 6) is -0.903. The zero-order chi connectivity index (χ0) is 14.8. The van der Waals surface area contributed by atoms with Crippen LogP contribution < -0.4 is 5.73 Å². The molecular weight excluding hydrogens is 266 g/mol. The van der Waals surface area contributed by atoms with Crippen LogP contribution in [0.25, 0.3) is 11.3 Å². The first-order chi connectivity index (χ1) is 10.1. The van der Waals surface area contributed by atoms with Gasteiger partial charge in [0.2, 0.25) is 0 Å². The Morgan fingerprint density at radius 3 is 2.52 bits per heavy atom. The zero-order valence-corrected chi connectivity index (χ0v) is 11.6. The molecule has 5 nitrogen and oxygen atoms in total. The molecule has 0 radical (unpaired) electrons. The summed E-state index contributed by atoms with van der Waals surface area (Å²) in [7, 11) is 0. The largest absolute Gasteiger partial charge is 0.481 e. The highest BCUT2D eigenvalue weighted by atomic mass is 16.4. The molecule has 108 valence electrons. The lowest BCUT2D eigenvalue weighted by molar-refractivity contribution is -0.147. The van der Waals surface area contributed by atoms with Gasteiger partial charge in [0.05, 0.1) is 23.5 Å². The SMILES string of the molecule is Nc1ccc(-c2ccc(CN3CC(C(=O)O)C3)cc2)nc1. The lowest BCUT2D eigenvalue weighted by Crippen LogP contribution is -2.49. The molecule has 0 aliphatic carbocycles. The quantitative estimate of drug-likeness (QED) is 0.895. The summed E-state index contributed by atoms with van der Waals surface area (Å²) in [6.07, 6.45) is 1.65. The minimum atomic E-state index is -0.698. The van der Waals surface area contributed by atoms with Crippen LogP contribution in [0.2, 0.25) is 0 Å². The van der Waals surface area contributed by atoms with Gasteiger partial charge in [0.25, 0.3) is 0 Å². The number of aliphatic carboxylic acids is 1. The van der Waals surface area contributed by atoms with E-state index < -0.39 is 5.97 Å². The molecule has 0 saturated carbocycles. The predicted octanol–water partition coefficient (Wildman–Crippen LogP) is 1.85. The van der Waals surface area contributed by atoms with Crippen LogP contribution in [0, 0.1) is 5.92 Å². The van der Waals surface area contributed by atoms with Gasteiger partial charge in [-0.2, -0.15) is 0 Å². The number of nitrogens with zero attached hydrogens (tertiary/aromatic N) is 2. The van der Waals surface area contributed by atoms with E-state index in [-0.39, 0.29) is 5.92 Å². The molecule has 1 aliphatic heterocycles. The summed E-state index contributed by atoms with van der Waals surface area (Å²) >= 11 is 0. The fourth-order valence-electron chi connectivity index (χ4n) is 2.47. The summed E-state index contributed by atoms with van der Waals surface area (Å²) < 4.78 is 0. The van der Waals surface area contributed by atoms with Gasteiger partial charge in [0.1, 0.15) is 0 Å². The maximum absolute atomic E-state index is 10.8. The van der Waals surface area contributed by atoms with Crippen molar-refractivity contribution in [3.8, 4) is 11.3 Å². The van der Waals surface area contributed by atoms with E-state index >= 15 is 0 Å². The number of rotatable bonds is 4. The normalized spacial score (nSPS) is 15.6. The molecule has 2 heterocycles. The van der Waals surface area contributed by atoms with E-state index in [1.54, 1.807) is 6.20 Å². The number of carbonyl (C=O) groups is 1. The van der Waals surface area contributed by atoms with Gasteiger partial charge in [-0.05, 0) is 17.7 Å². The van der Waals surface area contributed by atoms with Crippen molar-refractivity contribution in [2.45, 2.75) is 6.54 Å². The molecule has 2 aromatic rings. The average Bonchev–Trinajstić information content (AvgIpc) is 2.43. The molecule has 0 spiro atoms. The van der Waals surface area contributed by atoms with Gasteiger partial charge >= 0.3 is 5.97 Å². The van der Waals surface area contributed by atoms with Gasteiger partial charge in [0, 0.05) is 25.2 Å². The second-order valence-corrected chi connectivity index (χ2v) is 5.40. The number of carboxylic acid groups (broad SMARTS) is 1. The topological polar surface area (TPSA) is 79.5 Å². The highest BCUT2D eigenvalue weighted by molar-refractivity contribution is 5.71. The second-order valence-electron chi connectivity index (χ2n) is 5.40. The Hall–Kier alpha value is -2.40. The number of nitrogens with two attached hydrogens (primary N) is 1. The van der Waals surface area contributed by atoms with Gasteiger partial charge in [-0.15, -0.1) is 0 Å². The number of anilines is 1. The molecule has 1 fully saturated rings. The van der Waals surface area contributed by atoms with E-state index in [9.17, 15) is 4.79 Å². The van der Waals surface area contributed by atoms with Gasteiger partial charge in [-0.3, -0.25) is 14.7 Å². The van der Waals surface area contributed by atoms with E-state index in [1.165, 1.54) is 5.56 Å². The third-order valence-electron chi connectivity index (χ3n) is 3.75. The number of benzene rings is 1. The van der Waals surface area contributed by atoms with Crippen molar-refractivity contribution < 1.29 is 9.90 Å². The number of hydrogen-bond acceptors (Lipinski definition) is 4. The molecule has 1 saturated heterocycles. The fourth-order valence-corrected chi connectivity index (χ4v) is 2.47. The van der Waals surface area contributed by atoms with E-state index in [4.69, 9.17) is 10.8 Å². The molecule has 3 N–H and O–H groups in total. The summed E-state index contributed by atoms with van der Waals surface area (Å²) in [5.41, 5.74) is 9.40. The molecular formula is C16H17N3O2. The maximum Gasteiger partial charge on any atom is 0.309 e. The van der Waals surface area contributed by atoms with E-state index in [0.29, 0.717) is 18.8 Å². The third-order valence-corrected chi connectivity index (χ3v) is 3.75. The Bertz CT molecular complexity index is 632. The zero-order valence-electron chi connectivity index (χ0n) is 11.6. The summed E-state index contributed by atoms with van der Waals surface area (Å²) in [6.45, 7) is 2.06. The fraction of sp³-hybridized carbons (Fsp3) is 0.250. The second kappa shape index (κ2) is 5.54. The monoisotopic (exact) mass is 283 g/mol. The van der Waals surface area contributed by atoms with Crippen LogP contribution >= 0.6 is 0 Å². The van der Waals surface area contributed by atoms with E-state index in [1.807, 2.05) is 24.3 Å². The maximum atomic E-state index is 10.8. The first-order valence-corrected chi connectivity index (χ1v) is 6.88. The predicted molar refractivity (Wildman–Crippen MR) is 80.5 cm³/mol. The molecule has 5 heteroatoms. The molecule has 0 amide bonds. The van der Waals surface area contributed by atoms with Crippen molar-refractivity contribution in [1.29, 1.82) is 0 Å². The minimum Gasteiger partial charge on any atom is -0.481 e. The van der Waals surface area contributed by atoms with Gasteiger partial charge in [-0.1, -0.05) is 24.3 Å². The molecule has 0 unspecified atom stereocenters. The lowest BCUT2D eigenvalue weighted by atomic mass is 9.99. The van der Waals surface area contributed by atoms with E-state index in [0.717, 1.165) is 17.8 Å². The van der Waals surface area contributed by atoms with Crippen LogP contribution in [0.4, 0.5) is 5.69 Å². The van der Waals surface area contributed by atoms with Crippen molar-refractivity contribution in [2.24, 2.45) is 5.92 Å². The standard InChI is InChI=1S/C16H17N3O2/c17-14-5-6-15(18-7-14)12-3-1-11(2-4-12)8-19-9-13(10-19)16(20)21/h1-7,13H,8-10,17H2,(H,20,21). The summed E-state index contributed by atoms with van der Waals surface area (Å²) in [5, 5.41) is 8.86. The van der Waals surface area contributed by atoms with Crippen molar-refractivity contribution in [1.82, 2.24) is 9.88 Å². The lowest BCUT2D eigenvalue weighted by Gasteiger charge is -2.36. The van der Waals surface area contributed by atoms with Gasteiger partial charge < -0.3 is 10.8 Å². The van der Waals surface area contributed by atoms with Crippen molar-refractivity contribution in [3.63, 3.8) is 0 Å². The van der Waals surface area contributed by atoms with Gasteiger partial charge in [-0.25, -0.2) is 0 Å². The Labute approximate surface area is 123 Å². The van der Waals surface area contributed by atoms with Crippen molar-refractivity contribution in [3.05, 3.63) is 48.2 Å². The molecule has 0 atom stereocenters. The first-order valence-electron chi connectivity index (χ1n) is 6.88. The van der Waals surface area contributed by atoms with Gasteiger partial charge in [0.15, 0.2) is 0 Å². The number of aromatic nitrogens is 1. The summed E-state index contributed by atoms with van der Waals surface area (Å²) in [6, 6.07) is 11.9. The number of hydrogen-bond donors (Lipinski definition) is 2. The summed E-state index contributed by atoms with van der Waals surface area (Å²) in [4.78, 5) is 17.2. The highest BCUT2D eigenvalue weighted by Gasteiger charge is 2.31. The average molecular weight is 283 g/mol. The van der Waals surface area contributed by atoms with Crippen LogP contribution in [0.3, 0.4) is 0 Å². The van der Waals surface area contributed by atoms with Crippen LogP contribution in [0.1, 0.15) is 5.56 Å². The Balaban J connectivity index is 1.62. The minimum absolute atomic E-state index is 0.205.